The second-order valence-corrected chi connectivity index (χ2v) is 19.7. The first-order valence-corrected chi connectivity index (χ1v) is 22.8. The summed E-state index contributed by atoms with van der Waals surface area (Å²) in [6.45, 7) is 15.0. The number of isocyanates is 2. The zero-order chi connectivity index (χ0) is 43.5. The monoisotopic (exact) mass is 829 g/mol. The molecule has 0 spiro atoms. The minimum atomic E-state index is -0.300. The highest BCUT2D eigenvalue weighted by Gasteiger charge is 2.53. The van der Waals surface area contributed by atoms with Crippen molar-refractivity contribution in [3.8, 4) is 35.5 Å². The molecule has 60 heavy (non-hydrogen) atoms. The number of ether oxygens (including phenoxy) is 2. The molecule has 11 nitrogen and oxygen atoms in total. The van der Waals surface area contributed by atoms with Crippen LogP contribution in [0.3, 0.4) is 0 Å². The second-order valence-electron chi connectivity index (χ2n) is 19.7. The molecule has 8 unspecified atom stereocenters. The minimum Gasteiger partial charge on any atom is -0.446 e. The maximum Gasteiger partial charge on any atom is 0.407 e. The van der Waals surface area contributed by atoms with E-state index < -0.39 is 0 Å². The van der Waals surface area contributed by atoms with E-state index in [-0.39, 0.29) is 41.3 Å². The number of fused-ring (bicyclic) bond motifs is 3. The molecule has 0 radical (unpaired) electrons. The highest BCUT2D eigenvalue weighted by Crippen LogP contribution is 2.49. The first-order valence-electron chi connectivity index (χ1n) is 22.8. The molecule has 0 saturated heterocycles. The van der Waals surface area contributed by atoms with Crippen molar-refractivity contribution in [2.24, 2.45) is 68.2 Å². The number of nitrogens with zero attached hydrogens (tertiary/aromatic N) is 2. The molecule has 6 aliphatic carbocycles. The van der Waals surface area contributed by atoms with Crippen molar-refractivity contribution in [3.63, 3.8) is 0 Å². The summed E-state index contributed by atoms with van der Waals surface area (Å²) in [5, 5.41) is 15.2. The molecule has 0 aromatic rings. The number of aliphatic hydroxyl groups is 1. The van der Waals surface area contributed by atoms with Gasteiger partial charge in [-0.2, -0.15) is 0 Å². The fourth-order valence-electron chi connectivity index (χ4n) is 9.71. The van der Waals surface area contributed by atoms with E-state index in [0.29, 0.717) is 73.5 Å². The van der Waals surface area contributed by atoms with E-state index in [0.717, 1.165) is 103 Å². The molecular weight excluding hydrogens is 757 g/mol. The number of carbonyl (C=O) groups is 2. The molecule has 330 valence electrons. The summed E-state index contributed by atoms with van der Waals surface area (Å²) < 4.78 is 11.4. The number of nitrogens with one attached hydrogen (secondary N) is 2. The van der Waals surface area contributed by atoms with Gasteiger partial charge in [0.1, 0.15) is 12.2 Å². The van der Waals surface area contributed by atoms with Gasteiger partial charge in [0.05, 0.1) is 19.2 Å². The van der Waals surface area contributed by atoms with Crippen LogP contribution in [0.25, 0.3) is 0 Å². The van der Waals surface area contributed by atoms with Crippen LogP contribution < -0.4 is 10.6 Å². The van der Waals surface area contributed by atoms with Gasteiger partial charge in [-0.3, -0.25) is 0 Å². The van der Waals surface area contributed by atoms with E-state index in [2.05, 4.69) is 97.7 Å². The van der Waals surface area contributed by atoms with Crippen LogP contribution in [0.2, 0.25) is 0 Å². The fraction of sp³-hybridized carbons (Fsp3) is 0.796. The lowest BCUT2D eigenvalue weighted by molar-refractivity contribution is 0.121. The topological polar surface area (TPSA) is 156 Å². The third-order valence-corrected chi connectivity index (χ3v) is 13.1. The van der Waals surface area contributed by atoms with Crippen LogP contribution in [-0.2, 0) is 19.1 Å². The molecule has 0 bridgehead atoms. The lowest BCUT2D eigenvalue weighted by Gasteiger charge is -2.28. The number of rotatable bonds is 16. The van der Waals surface area contributed by atoms with Crippen LogP contribution >= 0.6 is 0 Å². The maximum atomic E-state index is 12.4. The summed E-state index contributed by atoms with van der Waals surface area (Å²) in [6, 6.07) is 0. The second kappa shape index (κ2) is 24.4. The predicted octanol–water partition coefficient (Wildman–Crippen LogP) is 8.54. The van der Waals surface area contributed by atoms with Gasteiger partial charge in [-0.05, 0) is 98.7 Å². The van der Waals surface area contributed by atoms with E-state index >= 15 is 0 Å². The van der Waals surface area contributed by atoms with Crippen molar-refractivity contribution < 1.29 is 33.8 Å². The number of hydrogen-bond donors (Lipinski definition) is 3. The number of alkyl carbamates (subject to hydrolysis) is 2. The number of aliphatic imine (C=N–C) groups is 2. The predicted molar refractivity (Wildman–Crippen MR) is 233 cm³/mol. The van der Waals surface area contributed by atoms with Crippen LogP contribution in [0.1, 0.15) is 144 Å². The Hall–Kier alpha value is -4.06. The van der Waals surface area contributed by atoms with Crippen LogP contribution in [0.4, 0.5) is 9.59 Å². The Balaban J connectivity index is 0.000000258. The summed E-state index contributed by atoms with van der Waals surface area (Å²) >= 11 is 0. The summed E-state index contributed by atoms with van der Waals surface area (Å²) in [5.74, 6) is 23.0. The van der Waals surface area contributed by atoms with E-state index in [4.69, 9.17) is 9.47 Å². The van der Waals surface area contributed by atoms with E-state index in [1.165, 1.54) is 6.08 Å². The first-order chi connectivity index (χ1) is 28.7. The van der Waals surface area contributed by atoms with Crippen LogP contribution in [0.5, 0.6) is 0 Å². The van der Waals surface area contributed by atoms with Crippen molar-refractivity contribution in [3.05, 3.63) is 0 Å². The van der Waals surface area contributed by atoms with E-state index in [1.54, 1.807) is 6.08 Å². The molecular formula is C49H72N4O7. The molecule has 0 aliphatic heterocycles. The third-order valence-electron chi connectivity index (χ3n) is 13.1. The van der Waals surface area contributed by atoms with Crippen molar-refractivity contribution in [2.75, 3.05) is 26.2 Å². The summed E-state index contributed by atoms with van der Waals surface area (Å²) in [6.07, 6.45) is 18.3. The van der Waals surface area contributed by atoms with Gasteiger partial charge in [0, 0.05) is 75.3 Å². The molecule has 6 aliphatic rings. The molecule has 3 N–H and O–H groups in total. The van der Waals surface area contributed by atoms with Crippen molar-refractivity contribution in [2.45, 2.75) is 163 Å². The highest BCUT2D eigenvalue weighted by molar-refractivity contribution is 5.68. The quantitative estimate of drug-likeness (QED) is 0.0800. The molecule has 0 aromatic carbocycles. The van der Waals surface area contributed by atoms with Gasteiger partial charge in [-0.15, -0.1) is 35.5 Å². The molecule has 3 fully saturated rings. The summed E-state index contributed by atoms with van der Waals surface area (Å²) in [5.41, 5.74) is -0.0530. The Morgan fingerprint density at radius 1 is 0.633 bits per heavy atom. The van der Waals surface area contributed by atoms with E-state index in [9.17, 15) is 24.3 Å². The minimum absolute atomic E-state index is 0.00171. The van der Waals surface area contributed by atoms with Gasteiger partial charge >= 0.3 is 12.2 Å². The zero-order valence-electron chi connectivity index (χ0n) is 37.3. The van der Waals surface area contributed by atoms with Gasteiger partial charge in [0.2, 0.25) is 12.2 Å². The summed E-state index contributed by atoms with van der Waals surface area (Å²) in [4.78, 5) is 51.6. The average Bonchev–Trinajstić information content (AvgIpc) is 4.10. The number of amides is 2. The lowest BCUT2D eigenvalue weighted by atomic mass is 9.82. The average molecular weight is 829 g/mol. The molecule has 3 saturated carbocycles. The van der Waals surface area contributed by atoms with E-state index in [1.807, 2.05) is 0 Å². The largest absolute Gasteiger partial charge is 0.446 e. The Bertz CT molecular complexity index is 1640. The molecule has 8 atom stereocenters. The smallest absolute Gasteiger partial charge is 0.407 e. The highest BCUT2D eigenvalue weighted by atomic mass is 16.6. The number of hydrogen-bond acceptors (Lipinski definition) is 9. The van der Waals surface area contributed by atoms with Crippen molar-refractivity contribution in [1.82, 2.24) is 10.6 Å². The van der Waals surface area contributed by atoms with Gasteiger partial charge in [0.15, 0.2) is 0 Å². The SMILES string of the molecule is CC(CCN=C=O)CC(C)(C)CN=C=O.CC(CCNC(=O)OC1C2CCC#CCCC21)CC(C)(C)CNC(=O)OC1C2CCC#CCCC21.OC1C2CCC#CCCC12. The Kier molecular flexibility index (Phi) is 19.8. The zero-order valence-corrected chi connectivity index (χ0v) is 37.3. The molecule has 11 heteroatoms. The Morgan fingerprint density at radius 2 is 1.03 bits per heavy atom. The molecule has 2 amide bonds. The number of aliphatic hydroxyl groups excluding tert-OH is 1. The standard InChI is InChI=1S/C29H42N2O4.C11H18N2O2.C9H12O/c1-20(16-17-30-27(32)34-25-21-12-8-4-5-9-13-22(21)25)18-29(2,3)19-31-28(33)35-26-23-14-10-6-7-11-15-24(23)26;1-10(4-5-12-8-14)6-11(2,3)7-13-9-15;10-9-7-5-3-1-2-4-6-8(7)9/h20-26H,8-19H2,1-3H3,(H,30,32)(H,31,33);10H,4-7H2,1-3H3;7-10H,3-6H2. The van der Waals surface area contributed by atoms with Crippen molar-refractivity contribution in [1.29, 1.82) is 0 Å². The fourth-order valence-corrected chi connectivity index (χ4v) is 9.71. The number of carbonyl (C=O) groups excluding carboxylic acids is 4. The third kappa shape index (κ3) is 17.5. The summed E-state index contributed by atoms with van der Waals surface area (Å²) in [7, 11) is 0. The van der Waals surface area contributed by atoms with Gasteiger partial charge in [0.25, 0.3) is 0 Å². The van der Waals surface area contributed by atoms with Crippen LogP contribution in [-0.4, -0.2) is 73.9 Å². The normalized spacial score (nSPS) is 28.8. The van der Waals surface area contributed by atoms with Crippen LogP contribution in [0, 0.1) is 93.7 Å². The van der Waals surface area contributed by atoms with Crippen molar-refractivity contribution >= 4 is 24.3 Å². The van der Waals surface area contributed by atoms with Crippen LogP contribution in [0.15, 0.2) is 9.98 Å². The first kappa shape index (κ1) is 48.6. The van der Waals surface area contributed by atoms with Gasteiger partial charge < -0.3 is 25.2 Å². The van der Waals surface area contributed by atoms with Gasteiger partial charge in [-0.1, -0.05) is 41.5 Å². The maximum absolute atomic E-state index is 12.4. The Morgan fingerprint density at radius 3 is 1.48 bits per heavy atom. The lowest BCUT2D eigenvalue weighted by Crippen LogP contribution is -2.36. The molecule has 0 heterocycles. The molecule has 0 aromatic heterocycles. The molecule has 6 rings (SSSR count). The Labute approximate surface area is 360 Å². The van der Waals surface area contributed by atoms with Gasteiger partial charge in [-0.25, -0.2) is 29.2 Å².